The van der Waals surface area contributed by atoms with Crippen molar-refractivity contribution < 1.29 is 9.53 Å². The summed E-state index contributed by atoms with van der Waals surface area (Å²) in [5, 5.41) is 1.61. The number of likely N-dealkylation sites (N-methyl/N-ethyl adjacent to an activating group) is 1. The number of benzene rings is 2. The summed E-state index contributed by atoms with van der Waals surface area (Å²) in [5.41, 5.74) is 1.88. The number of aliphatic imine (C=N–C) groups is 1. The van der Waals surface area contributed by atoms with Gasteiger partial charge in [0, 0.05) is 25.1 Å². The summed E-state index contributed by atoms with van der Waals surface area (Å²) in [6.07, 6.45) is 0. The van der Waals surface area contributed by atoms with Gasteiger partial charge in [-0.2, -0.15) is 0 Å². The molecular formula is C19H17N3O2S2. The third-order valence-corrected chi connectivity index (χ3v) is 6.68. The maximum Gasteiger partial charge on any atom is 0.269 e. The summed E-state index contributed by atoms with van der Waals surface area (Å²) in [4.78, 5) is 22.9. The molecule has 7 heteroatoms. The molecule has 1 saturated heterocycles. The van der Waals surface area contributed by atoms with Crippen LogP contribution in [0.3, 0.4) is 0 Å². The van der Waals surface area contributed by atoms with E-state index in [0.29, 0.717) is 10.1 Å². The molecule has 2 aliphatic rings. The zero-order valence-electron chi connectivity index (χ0n) is 14.6. The van der Waals surface area contributed by atoms with Crippen molar-refractivity contribution in [1.29, 1.82) is 0 Å². The average molecular weight is 383 g/mol. The Morgan fingerprint density at radius 3 is 2.50 bits per heavy atom. The Kier molecular flexibility index (Phi) is 4.42. The molecule has 0 aromatic heterocycles. The van der Waals surface area contributed by atoms with Crippen molar-refractivity contribution in [2.24, 2.45) is 4.99 Å². The molecule has 2 heterocycles. The molecular weight excluding hydrogens is 366 g/mol. The molecule has 0 unspecified atom stereocenters. The van der Waals surface area contributed by atoms with Gasteiger partial charge in [-0.3, -0.25) is 9.69 Å². The van der Waals surface area contributed by atoms with Gasteiger partial charge in [-0.05, 0) is 36.0 Å². The normalized spacial score (nSPS) is 20.9. The van der Waals surface area contributed by atoms with Crippen molar-refractivity contribution in [2.45, 2.75) is 4.90 Å². The van der Waals surface area contributed by atoms with Gasteiger partial charge in [-0.15, -0.1) is 0 Å². The Hall–Kier alpha value is -2.38. The number of carbonyl (C=O) groups excluding carboxylic acids is 1. The Bertz CT molecular complexity index is 941. The fraction of sp³-hybridized carbons (Fsp3) is 0.158. The second-order valence-corrected chi connectivity index (χ2v) is 7.83. The molecule has 0 radical (unpaired) electrons. The minimum absolute atomic E-state index is 0.0289. The van der Waals surface area contributed by atoms with Gasteiger partial charge in [0.05, 0.1) is 23.5 Å². The molecule has 0 atom stereocenters. The Morgan fingerprint density at radius 2 is 1.77 bits per heavy atom. The zero-order chi connectivity index (χ0) is 18.3. The Morgan fingerprint density at radius 1 is 1.00 bits per heavy atom. The predicted molar refractivity (Wildman–Crippen MR) is 108 cm³/mol. The van der Waals surface area contributed by atoms with Crippen molar-refractivity contribution >= 4 is 46.0 Å². The van der Waals surface area contributed by atoms with Crippen LogP contribution in [0.2, 0.25) is 0 Å². The molecule has 4 rings (SSSR count). The van der Waals surface area contributed by atoms with Crippen molar-refractivity contribution in [2.75, 3.05) is 26.1 Å². The van der Waals surface area contributed by atoms with Crippen LogP contribution in [0.25, 0.3) is 0 Å². The highest BCUT2D eigenvalue weighted by Crippen LogP contribution is 2.50. The van der Waals surface area contributed by atoms with E-state index >= 15 is 0 Å². The molecule has 5 nitrogen and oxygen atoms in total. The van der Waals surface area contributed by atoms with Gasteiger partial charge in [0.1, 0.15) is 10.7 Å². The molecule has 0 spiro atoms. The number of amides is 1. The smallest absolute Gasteiger partial charge is 0.269 e. The Labute approximate surface area is 160 Å². The molecule has 1 fully saturated rings. The van der Waals surface area contributed by atoms with E-state index in [4.69, 9.17) is 4.74 Å². The van der Waals surface area contributed by atoms with Crippen molar-refractivity contribution in [1.82, 2.24) is 4.90 Å². The van der Waals surface area contributed by atoms with Crippen LogP contribution in [0.15, 0.2) is 68.4 Å². The maximum atomic E-state index is 12.8. The van der Waals surface area contributed by atoms with Crippen molar-refractivity contribution in [3.05, 3.63) is 58.5 Å². The van der Waals surface area contributed by atoms with E-state index in [-0.39, 0.29) is 5.91 Å². The number of para-hydroxylation sites is 1. The van der Waals surface area contributed by atoms with E-state index in [1.54, 1.807) is 30.8 Å². The van der Waals surface area contributed by atoms with Crippen LogP contribution in [0.4, 0.5) is 11.4 Å². The van der Waals surface area contributed by atoms with Crippen molar-refractivity contribution in [3.8, 4) is 5.75 Å². The fourth-order valence-electron chi connectivity index (χ4n) is 2.74. The number of thioether (sulfide) groups is 2. The lowest BCUT2D eigenvalue weighted by atomic mass is 10.3. The van der Waals surface area contributed by atoms with E-state index in [1.165, 1.54) is 11.8 Å². The minimum atomic E-state index is -0.0289. The number of nitrogens with zero attached hydrogens (tertiary/aromatic N) is 3. The van der Waals surface area contributed by atoms with Gasteiger partial charge >= 0.3 is 0 Å². The molecule has 0 aliphatic carbocycles. The molecule has 0 saturated carbocycles. The first kappa shape index (κ1) is 17.1. The molecule has 0 N–H and O–H groups in total. The molecule has 26 heavy (non-hydrogen) atoms. The second kappa shape index (κ2) is 6.74. The predicted octanol–water partition coefficient (Wildman–Crippen LogP) is 4.30. The number of hydrogen-bond donors (Lipinski definition) is 0. The summed E-state index contributed by atoms with van der Waals surface area (Å²) >= 11 is 3.02. The van der Waals surface area contributed by atoms with Gasteiger partial charge in [0.25, 0.3) is 5.91 Å². The molecule has 2 aromatic carbocycles. The van der Waals surface area contributed by atoms with Gasteiger partial charge in [0.2, 0.25) is 0 Å². The Balaban J connectivity index is 1.70. The fourth-order valence-corrected chi connectivity index (χ4v) is 5.05. The molecule has 1 amide bonds. The first-order chi connectivity index (χ1) is 12.6. The molecule has 132 valence electrons. The van der Waals surface area contributed by atoms with Crippen molar-refractivity contribution in [3.63, 3.8) is 0 Å². The summed E-state index contributed by atoms with van der Waals surface area (Å²) < 4.78 is 5.32. The number of amidine groups is 1. The van der Waals surface area contributed by atoms with Gasteiger partial charge in [-0.25, -0.2) is 4.99 Å². The van der Waals surface area contributed by atoms with Gasteiger partial charge in [0.15, 0.2) is 5.17 Å². The van der Waals surface area contributed by atoms with E-state index in [2.05, 4.69) is 4.99 Å². The lowest BCUT2D eigenvalue weighted by molar-refractivity contribution is -0.121. The lowest BCUT2D eigenvalue weighted by Crippen LogP contribution is -2.24. The summed E-state index contributed by atoms with van der Waals surface area (Å²) in [7, 11) is 5.39. The first-order valence-electron chi connectivity index (χ1n) is 8.02. The SMILES string of the molecule is COc1ccc2c(c1)N(C)/C(=C1\SC(=Nc3ccccc3)N(C)C1=O)S2. The second-order valence-electron chi connectivity index (χ2n) is 5.83. The topological polar surface area (TPSA) is 45.1 Å². The van der Waals surface area contributed by atoms with E-state index < -0.39 is 0 Å². The summed E-state index contributed by atoms with van der Waals surface area (Å²) in [6, 6.07) is 15.6. The lowest BCUT2D eigenvalue weighted by Gasteiger charge is -2.15. The van der Waals surface area contributed by atoms with Crippen LogP contribution < -0.4 is 9.64 Å². The van der Waals surface area contributed by atoms with E-state index in [1.807, 2.05) is 60.5 Å². The quantitative estimate of drug-likeness (QED) is 0.724. The summed E-state index contributed by atoms with van der Waals surface area (Å²) in [5.74, 6) is 0.773. The van der Waals surface area contributed by atoms with Crippen LogP contribution in [0.1, 0.15) is 0 Å². The van der Waals surface area contributed by atoms with Crippen LogP contribution in [0.5, 0.6) is 5.75 Å². The molecule has 2 aromatic rings. The number of carbonyl (C=O) groups is 1. The van der Waals surface area contributed by atoms with Crippen LogP contribution >= 0.6 is 23.5 Å². The zero-order valence-corrected chi connectivity index (χ0v) is 16.2. The first-order valence-corrected chi connectivity index (χ1v) is 9.65. The largest absolute Gasteiger partial charge is 0.497 e. The van der Waals surface area contributed by atoms with Gasteiger partial charge < -0.3 is 9.64 Å². The maximum absolute atomic E-state index is 12.8. The number of anilines is 1. The van der Waals surface area contributed by atoms with E-state index in [9.17, 15) is 4.79 Å². The van der Waals surface area contributed by atoms with Crippen LogP contribution in [0, 0.1) is 0 Å². The standard InChI is InChI=1S/C19H17N3O2S2/c1-21-14-11-13(24-3)9-10-15(14)25-18(21)16-17(23)22(2)19(26-16)20-12-7-5-4-6-8-12/h4-11H,1-3H3/b18-16+,20-19?. The third-order valence-electron chi connectivity index (χ3n) is 4.19. The highest BCUT2D eigenvalue weighted by molar-refractivity contribution is 8.19. The minimum Gasteiger partial charge on any atom is -0.497 e. The third kappa shape index (κ3) is 2.87. The number of ether oxygens (including phenoxy) is 1. The number of rotatable bonds is 2. The highest BCUT2D eigenvalue weighted by atomic mass is 32.2. The summed E-state index contributed by atoms with van der Waals surface area (Å²) in [6.45, 7) is 0. The molecule has 2 aliphatic heterocycles. The average Bonchev–Trinajstić information content (AvgIpc) is 3.13. The highest BCUT2D eigenvalue weighted by Gasteiger charge is 2.37. The monoisotopic (exact) mass is 383 g/mol. The van der Waals surface area contributed by atoms with E-state index in [0.717, 1.165) is 27.0 Å². The van der Waals surface area contributed by atoms with Crippen LogP contribution in [-0.2, 0) is 4.79 Å². The number of methoxy groups -OCH3 is 1. The number of hydrogen-bond acceptors (Lipinski definition) is 6. The molecule has 0 bridgehead atoms. The van der Waals surface area contributed by atoms with Gasteiger partial charge in [-0.1, -0.05) is 30.0 Å². The van der Waals surface area contributed by atoms with Crippen LogP contribution in [-0.4, -0.2) is 37.2 Å². The number of fused-ring (bicyclic) bond motifs is 1.